The third-order valence-corrected chi connectivity index (χ3v) is 3.16. The molecule has 3 nitrogen and oxygen atoms in total. The Labute approximate surface area is 67.4 Å². The maximum absolute atomic E-state index is 11.3. The molecule has 2 fully saturated rings. The highest BCUT2D eigenvalue weighted by Gasteiger charge is 2.64. The smallest absolute Gasteiger partial charge is 0.228 e. The van der Waals surface area contributed by atoms with Gasteiger partial charge in [0.15, 0.2) is 7.98 Å². The van der Waals surface area contributed by atoms with Crippen molar-refractivity contribution in [2.24, 2.45) is 5.41 Å². The number of amides is 1. The number of rotatable bonds is 1. The van der Waals surface area contributed by atoms with Crippen LogP contribution in [0, 0.1) is 5.41 Å². The van der Waals surface area contributed by atoms with Crippen LogP contribution in [-0.2, 0) is 4.79 Å². The van der Waals surface area contributed by atoms with Crippen molar-refractivity contribution in [2.45, 2.75) is 25.3 Å². The van der Waals surface area contributed by atoms with Gasteiger partial charge in [-0.25, -0.2) is 0 Å². The highest BCUT2D eigenvalue weighted by Crippen LogP contribution is 2.56. The summed E-state index contributed by atoms with van der Waals surface area (Å²) < 4.78 is 0. The Kier molecular flexibility index (Phi) is 1.17. The van der Waals surface area contributed by atoms with Gasteiger partial charge in [-0.2, -0.15) is 0 Å². The lowest BCUT2D eigenvalue weighted by molar-refractivity contribution is -0.124. The minimum atomic E-state index is -0.218. The summed E-state index contributed by atoms with van der Waals surface area (Å²) in [6.45, 7) is 2.65. The summed E-state index contributed by atoms with van der Waals surface area (Å²) in [7, 11) is 5.40. The largest absolute Gasteiger partial charge is 0.359 e. The van der Waals surface area contributed by atoms with E-state index in [0.717, 1.165) is 12.8 Å². The van der Waals surface area contributed by atoms with E-state index in [-0.39, 0.29) is 16.9 Å². The van der Waals surface area contributed by atoms with Crippen molar-refractivity contribution in [1.29, 1.82) is 0 Å². The highest BCUT2D eigenvalue weighted by atomic mass is 16.2. The van der Waals surface area contributed by atoms with E-state index in [1.54, 1.807) is 0 Å². The number of carbonyl (C=O) groups excluding carboxylic acids is 1. The number of hydrogen-bond acceptors (Lipinski definition) is 2. The normalized spacial score (nSPS) is 39.2. The van der Waals surface area contributed by atoms with Crippen LogP contribution in [0.5, 0.6) is 0 Å². The average Bonchev–Trinajstić information content (AvgIpc) is 2.75. The van der Waals surface area contributed by atoms with E-state index in [2.05, 4.69) is 10.5 Å². The van der Waals surface area contributed by atoms with E-state index in [0.29, 0.717) is 6.54 Å². The molecule has 0 aromatic rings. The van der Waals surface area contributed by atoms with Gasteiger partial charge in [0.2, 0.25) is 5.91 Å². The van der Waals surface area contributed by atoms with Crippen molar-refractivity contribution in [3.8, 4) is 0 Å². The molecule has 1 unspecified atom stereocenters. The zero-order chi connectivity index (χ0) is 8.11. The minimum Gasteiger partial charge on any atom is -0.359 e. The Bertz CT molecular complexity index is 214. The zero-order valence-corrected chi connectivity index (χ0v) is 6.61. The van der Waals surface area contributed by atoms with Gasteiger partial charge in [0, 0.05) is 12.1 Å². The maximum Gasteiger partial charge on any atom is 0.228 e. The van der Waals surface area contributed by atoms with E-state index in [1.165, 1.54) is 0 Å². The SMILES string of the molecule is [B]NC1(C)CNC(=O)C12CC2. The molecular weight excluding hydrogens is 139 g/mol. The lowest BCUT2D eigenvalue weighted by Gasteiger charge is -2.28. The van der Waals surface area contributed by atoms with Gasteiger partial charge in [-0.15, -0.1) is 0 Å². The summed E-state index contributed by atoms with van der Waals surface area (Å²) in [4.78, 5) is 11.3. The monoisotopic (exact) mass is 150 g/mol. The molecule has 1 aliphatic carbocycles. The van der Waals surface area contributed by atoms with Crippen molar-refractivity contribution in [3.05, 3.63) is 0 Å². The fourth-order valence-electron chi connectivity index (χ4n) is 1.94. The van der Waals surface area contributed by atoms with E-state index in [1.807, 2.05) is 6.92 Å². The van der Waals surface area contributed by atoms with Crippen LogP contribution in [0.15, 0.2) is 0 Å². The standard InChI is InChI=1S/C7H11BN2O/c1-6(10-8)4-9-5(11)7(6)2-3-7/h10H,2-4H2,1H3,(H,9,11). The molecule has 2 aliphatic rings. The Hall–Kier alpha value is -0.505. The second-order valence-electron chi connectivity index (χ2n) is 3.74. The van der Waals surface area contributed by atoms with Gasteiger partial charge in [0.1, 0.15) is 0 Å². The molecule has 1 amide bonds. The fraction of sp³-hybridized carbons (Fsp3) is 0.857. The lowest BCUT2D eigenvalue weighted by Crippen LogP contribution is -2.49. The minimum absolute atomic E-state index is 0.165. The van der Waals surface area contributed by atoms with Crippen molar-refractivity contribution in [1.82, 2.24) is 10.5 Å². The van der Waals surface area contributed by atoms with E-state index < -0.39 is 0 Å². The van der Waals surface area contributed by atoms with Crippen LogP contribution in [0.3, 0.4) is 0 Å². The van der Waals surface area contributed by atoms with Crippen LogP contribution in [0.4, 0.5) is 0 Å². The van der Waals surface area contributed by atoms with Gasteiger partial charge >= 0.3 is 0 Å². The molecular formula is C7H11BN2O. The highest BCUT2D eigenvalue weighted by molar-refractivity contribution is 6.06. The predicted molar refractivity (Wildman–Crippen MR) is 42.0 cm³/mol. The molecule has 58 valence electrons. The van der Waals surface area contributed by atoms with Crippen LogP contribution in [0.25, 0.3) is 0 Å². The van der Waals surface area contributed by atoms with Gasteiger partial charge in [-0.3, -0.25) is 4.79 Å². The first-order chi connectivity index (χ1) is 5.15. The molecule has 0 bridgehead atoms. The van der Waals surface area contributed by atoms with Crippen LogP contribution in [-0.4, -0.2) is 26.0 Å². The van der Waals surface area contributed by atoms with Crippen molar-refractivity contribution in [2.75, 3.05) is 6.54 Å². The second-order valence-corrected chi connectivity index (χ2v) is 3.74. The fourth-order valence-corrected chi connectivity index (χ4v) is 1.94. The predicted octanol–water partition coefficient (Wildman–Crippen LogP) is -0.672. The van der Waals surface area contributed by atoms with E-state index in [9.17, 15) is 4.79 Å². The topological polar surface area (TPSA) is 41.1 Å². The van der Waals surface area contributed by atoms with Gasteiger partial charge in [-0.1, -0.05) is 0 Å². The molecule has 1 aliphatic heterocycles. The maximum atomic E-state index is 11.3. The number of carbonyl (C=O) groups is 1. The Balaban J connectivity index is 2.31. The van der Waals surface area contributed by atoms with Gasteiger partial charge in [0.05, 0.1) is 5.41 Å². The molecule has 1 spiro atoms. The molecule has 11 heavy (non-hydrogen) atoms. The third-order valence-electron chi connectivity index (χ3n) is 3.16. The van der Waals surface area contributed by atoms with E-state index >= 15 is 0 Å². The second kappa shape index (κ2) is 1.80. The molecule has 1 saturated carbocycles. The molecule has 4 heteroatoms. The van der Waals surface area contributed by atoms with Crippen molar-refractivity contribution in [3.63, 3.8) is 0 Å². The first-order valence-electron chi connectivity index (χ1n) is 3.91. The molecule has 2 radical (unpaired) electrons. The summed E-state index contributed by atoms with van der Waals surface area (Å²) in [5.74, 6) is 0.165. The van der Waals surface area contributed by atoms with Crippen LogP contribution < -0.4 is 10.5 Å². The van der Waals surface area contributed by atoms with Gasteiger partial charge in [0.25, 0.3) is 0 Å². The van der Waals surface area contributed by atoms with Crippen LogP contribution >= 0.6 is 0 Å². The molecule has 2 rings (SSSR count). The molecule has 2 N–H and O–H groups in total. The third kappa shape index (κ3) is 0.657. The summed E-state index contributed by atoms with van der Waals surface area (Å²) in [6, 6.07) is 0. The lowest BCUT2D eigenvalue weighted by atomic mass is 9.84. The molecule has 1 heterocycles. The van der Waals surface area contributed by atoms with Gasteiger partial charge < -0.3 is 10.5 Å². The Morgan fingerprint density at radius 2 is 2.27 bits per heavy atom. The average molecular weight is 150 g/mol. The molecule has 0 aromatic carbocycles. The Morgan fingerprint density at radius 3 is 2.64 bits per heavy atom. The quantitative estimate of drug-likeness (QED) is 0.486. The number of hydrogen-bond donors (Lipinski definition) is 2. The summed E-state index contributed by atoms with van der Waals surface area (Å²) in [5.41, 5.74) is -0.397. The first-order valence-corrected chi connectivity index (χ1v) is 3.91. The molecule has 1 atom stereocenters. The first kappa shape index (κ1) is 7.16. The van der Waals surface area contributed by atoms with Gasteiger partial charge in [-0.05, 0) is 19.8 Å². The van der Waals surface area contributed by atoms with Crippen LogP contribution in [0.1, 0.15) is 19.8 Å². The van der Waals surface area contributed by atoms with Crippen molar-refractivity contribution >= 4 is 13.9 Å². The Morgan fingerprint density at radius 1 is 1.64 bits per heavy atom. The summed E-state index contributed by atoms with van der Waals surface area (Å²) in [5, 5.41) is 5.57. The summed E-state index contributed by atoms with van der Waals surface area (Å²) in [6.07, 6.45) is 1.94. The number of nitrogens with one attached hydrogen (secondary N) is 2. The van der Waals surface area contributed by atoms with E-state index in [4.69, 9.17) is 7.98 Å². The zero-order valence-electron chi connectivity index (χ0n) is 6.61. The van der Waals surface area contributed by atoms with Crippen LogP contribution in [0.2, 0.25) is 0 Å². The van der Waals surface area contributed by atoms with Crippen molar-refractivity contribution < 1.29 is 4.79 Å². The summed E-state index contributed by atoms with van der Waals surface area (Å²) >= 11 is 0. The molecule has 0 aromatic heterocycles. The molecule has 1 saturated heterocycles.